The van der Waals surface area contributed by atoms with Gasteiger partial charge < -0.3 is 4.84 Å². The Morgan fingerprint density at radius 3 is 2.70 bits per heavy atom. The van der Waals surface area contributed by atoms with E-state index in [1.165, 1.54) is 0 Å². The van der Waals surface area contributed by atoms with Gasteiger partial charge in [0.2, 0.25) is 0 Å². The second-order valence-electron chi connectivity index (χ2n) is 4.39. The summed E-state index contributed by atoms with van der Waals surface area (Å²) < 4.78 is 27.1. The molecule has 122 valence electrons. The van der Waals surface area contributed by atoms with E-state index in [1.807, 2.05) is 0 Å². The first-order valence-corrected chi connectivity index (χ1v) is 7.19. The van der Waals surface area contributed by atoms with Gasteiger partial charge in [-0.05, 0) is 19.1 Å². The molecule has 1 aromatic heterocycles. The lowest BCUT2D eigenvalue weighted by Gasteiger charge is -2.04. The number of halogens is 2. The van der Waals surface area contributed by atoms with Gasteiger partial charge in [0.25, 0.3) is 11.0 Å². The van der Waals surface area contributed by atoms with E-state index in [1.54, 1.807) is 6.92 Å². The highest BCUT2D eigenvalue weighted by molar-refractivity contribution is 7.15. The summed E-state index contributed by atoms with van der Waals surface area (Å²) in [4.78, 5) is 30.9. The van der Waals surface area contributed by atoms with Crippen molar-refractivity contribution in [2.75, 3.05) is 11.9 Å². The zero-order chi connectivity index (χ0) is 17.0. The number of aromatic nitrogens is 1. The van der Waals surface area contributed by atoms with Crippen LogP contribution < -0.4 is 5.32 Å². The summed E-state index contributed by atoms with van der Waals surface area (Å²) in [5.41, 5.74) is -0.148. The fourth-order valence-corrected chi connectivity index (χ4v) is 2.74. The van der Waals surface area contributed by atoms with E-state index in [-0.39, 0.29) is 18.2 Å². The van der Waals surface area contributed by atoms with Crippen molar-refractivity contribution in [3.8, 4) is 0 Å². The fourth-order valence-electron chi connectivity index (χ4n) is 1.80. The number of carbonyl (C=O) groups excluding carboxylic acids is 1. The lowest BCUT2D eigenvalue weighted by Crippen LogP contribution is -2.15. The number of rotatable bonds is 6. The standard InChI is InChI=1S/C13H11F2N3O4S/c1-7-10(5-6-22-18(20)21)23-13(16-7)17-12(19)11-8(14)3-2-4-9(11)15/h2-4H,5-6H2,1H3,(H,16,17,19). The molecule has 0 fully saturated rings. The van der Waals surface area contributed by atoms with Crippen molar-refractivity contribution < 1.29 is 23.5 Å². The molecule has 0 spiro atoms. The first-order valence-electron chi connectivity index (χ1n) is 6.37. The van der Waals surface area contributed by atoms with Crippen molar-refractivity contribution in [2.45, 2.75) is 13.3 Å². The van der Waals surface area contributed by atoms with E-state index in [4.69, 9.17) is 0 Å². The third-order valence-electron chi connectivity index (χ3n) is 2.83. The number of anilines is 1. The molecule has 0 unspecified atom stereocenters. The van der Waals surface area contributed by atoms with Crippen LogP contribution in [0.25, 0.3) is 0 Å². The van der Waals surface area contributed by atoms with E-state index < -0.39 is 28.2 Å². The number of carbonyl (C=O) groups is 1. The van der Waals surface area contributed by atoms with Gasteiger partial charge >= 0.3 is 0 Å². The maximum absolute atomic E-state index is 13.5. The van der Waals surface area contributed by atoms with Crippen molar-refractivity contribution in [1.82, 2.24) is 4.98 Å². The Kier molecular flexibility index (Phi) is 5.16. The number of aryl methyl sites for hydroxylation is 1. The van der Waals surface area contributed by atoms with Crippen LogP contribution in [0.3, 0.4) is 0 Å². The van der Waals surface area contributed by atoms with Crippen molar-refractivity contribution in [1.29, 1.82) is 0 Å². The predicted molar refractivity (Wildman–Crippen MR) is 77.8 cm³/mol. The first-order chi connectivity index (χ1) is 10.9. The van der Waals surface area contributed by atoms with E-state index in [2.05, 4.69) is 15.1 Å². The normalized spacial score (nSPS) is 10.4. The van der Waals surface area contributed by atoms with Crippen LogP contribution >= 0.6 is 11.3 Å². The number of nitrogens with zero attached hydrogens (tertiary/aromatic N) is 2. The molecule has 1 N–H and O–H groups in total. The molecule has 1 amide bonds. The van der Waals surface area contributed by atoms with Gasteiger partial charge in [-0.3, -0.25) is 10.1 Å². The molecule has 0 bridgehead atoms. The molecular formula is C13H11F2N3O4S. The Bertz CT molecular complexity index is 731. The molecule has 0 aliphatic rings. The topological polar surface area (TPSA) is 94.4 Å². The number of nitrogens with one attached hydrogen (secondary N) is 1. The number of hydrogen-bond donors (Lipinski definition) is 1. The third kappa shape index (κ3) is 4.19. The average molecular weight is 343 g/mol. The van der Waals surface area contributed by atoms with Crippen LogP contribution in [0, 0.1) is 28.7 Å². The number of benzene rings is 1. The number of hydrogen-bond acceptors (Lipinski definition) is 6. The second-order valence-corrected chi connectivity index (χ2v) is 5.47. The lowest BCUT2D eigenvalue weighted by atomic mass is 10.2. The van der Waals surface area contributed by atoms with Crippen molar-refractivity contribution in [3.63, 3.8) is 0 Å². The molecular weight excluding hydrogens is 332 g/mol. The smallest absolute Gasteiger partial charge is 0.294 e. The van der Waals surface area contributed by atoms with Gasteiger partial charge in [-0.15, -0.1) is 21.5 Å². The van der Waals surface area contributed by atoms with Gasteiger partial charge in [-0.1, -0.05) is 6.07 Å². The third-order valence-corrected chi connectivity index (χ3v) is 3.96. The minimum Gasteiger partial charge on any atom is -0.314 e. The average Bonchev–Trinajstić information content (AvgIpc) is 2.78. The molecule has 1 heterocycles. The Labute approximate surface area is 133 Å². The van der Waals surface area contributed by atoms with Crippen LogP contribution in [0.4, 0.5) is 13.9 Å². The molecule has 1 aromatic carbocycles. The lowest BCUT2D eigenvalue weighted by molar-refractivity contribution is -0.757. The molecule has 0 saturated heterocycles. The van der Waals surface area contributed by atoms with Crippen LogP contribution in [0.2, 0.25) is 0 Å². The quantitative estimate of drug-likeness (QED) is 0.643. The number of thiazole rings is 1. The maximum Gasteiger partial charge on any atom is 0.294 e. The van der Waals surface area contributed by atoms with Gasteiger partial charge in [0.15, 0.2) is 5.13 Å². The van der Waals surface area contributed by atoms with Crippen LogP contribution in [0.5, 0.6) is 0 Å². The molecule has 2 aromatic rings. The van der Waals surface area contributed by atoms with E-state index in [9.17, 15) is 23.7 Å². The summed E-state index contributed by atoms with van der Waals surface area (Å²) in [5, 5.41) is 11.6. The van der Waals surface area contributed by atoms with E-state index >= 15 is 0 Å². The largest absolute Gasteiger partial charge is 0.314 e. The van der Waals surface area contributed by atoms with Gasteiger partial charge in [0, 0.05) is 11.3 Å². The summed E-state index contributed by atoms with van der Waals surface area (Å²) in [6.07, 6.45) is 0.231. The summed E-state index contributed by atoms with van der Waals surface area (Å²) in [6, 6.07) is 3.11. The van der Waals surface area contributed by atoms with E-state index in [0.717, 1.165) is 29.5 Å². The van der Waals surface area contributed by atoms with Crippen molar-refractivity contribution in [3.05, 3.63) is 56.1 Å². The van der Waals surface area contributed by atoms with Crippen molar-refractivity contribution >= 4 is 22.4 Å². The van der Waals surface area contributed by atoms with Gasteiger partial charge in [-0.25, -0.2) is 13.8 Å². The fraction of sp³-hybridized carbons (Fsp3) is 0.231. The van der Waals surface area contributed by atoms with Gasteiger partial charge in [-0.2, -0.15) is 0 Å². The van der Waals surface area contributed by atoms with Crippen LogP contribution in [0.1, 0.15) is 20.9 Å². The minimum absolute atomic E-state index is 0.145. The zero-order valence-electron chi connectivity index (χ0n) is 11.8. The summed E-state index contributed by atoms with van der Waals surface area (Å²) in [5.74, 6) is -2.91. The molecule has 2 rings (SSSR count). The monoisotopic (exact) mass is 343 g/mol. The van der Waals surface area contributed by atoms with Crippen LogP contribution in [0.15, 0.2) is 18.2 Å². The Morgan fingerprint density at radius 2 is 2.09 bits per heavy atom. The molecule has 10 heteroatoms. The molecule has 0 radical (unpaired) electrons. The maximum atomic E-state index is 13.5. The molecule has 23 heavy (non-hydrogen) atoms. The Hall–Kier alpha value is -2.62. The SMILES string of the molecule is Cc1nc(NC(=O)c2c(F)cccc2F)sc1CCO[N+](=O)[O-]. The zero-order valence-corrected chi connectivity index (χ0v) is 12.7. The summed E-state index contributed by atoms with van der Waals surface area (Å²) in [7, 11) is 0. The summed E-state index contributed by atoms with van der Waals surface area (Å²) >= 11 is 1.06. The van der Waals surface area contributed by atoms with Crippen molar-refractivity contribution in [2.24, 2.45) is 0 Å². The van der Waals surface area contributed by atoms with Crippen LogP contribution in [-0.2, 0) is 11.3 Å². The first kappa shape index (κ1) is 16.7. The Balaban J connectivity index is 2.09. The molecule has 0 atom stereocenters. The Morgan fingerprint density at radius 1 is 1.43 bits per heavy atom. The van der Waals surface area contributed by atoms with E-state index in [0.29, 0.717) is 10.6 Å². The highest BCUT2D eigenvalue weighted by Gasteiger charge is 2.19. The predicted octanol–water partition coefficient (Wildman–Crippen LogP) is 2.73. The highest BCUT2D eigenvalue weighted by atomic mass is 32.1. The molecule has 0 saturated carbocycles. The van der Waals surface area contributed by atoms with Crippen LogP contribution in [-0.4, -0.2) is 22.6 Å². The summed E-state index contributed by atoms with van der Waals surface area (Å²) in [6.45, 7) is 1.50. The highest BCUT2D eigenvalue weighted by Crippen LogP contribution is 2.24. The van der Waals surface area contributed by atoms with Gasteiger partial charge in [0.05, 0.1) is 5.69 Å². The molecule has 0 aliphatic carbocycles. The second kappa shape index (κ2) is 7.09. The van der Waals surface area contributed by atoms with Gasteiger partial charge in [0.1, 0.15) is 23.8 Å². The number of amides is 1. The minimum atomic E-state index is -0.976. The molecule has 0 aliphatic heterocycles. The molecule has 7 nitrogen and oxygen atoms in total.